The maximum atomic E-state index is 17.2. The van der Waals surface area contributed by atoms with E-state index in [4.69, 9.17) is 28.4 Å². The molecule has 0 aliphatic heterocycles. The van der Waals surface area contributed by atoms with Crippen molar-refractivity contribution in [2.24, 2.45) is 0 Å². The number of esters is 6. The van der Waals surface area contributed by atoms with Crippen LogP contribution in [0.5, 0.6) is 34.5 Å². The van der Waals surface area contributed by atoms with E-state index in [0.717, 1.165) is 12.1 Å². The van der Waals surface area contributed by atoms with Crippen molar-refractivity contribution >= 4 is 35.8 Å². The largest absolute Gasteiger partial charge is 0.422 e. The van der Waals surface area contributed by atoms with E-state index in [-0.39, 0.29) is 73.1 Å². The summed E-state index contributed by atoms with van der Waals surface area (Å²) in [4.78, 5) is 76.0. The highest BCUT2D eigenvalue weighted by Gasteiger charge is 2.29. The van der Waals surface area contributed by atoms with Crippen LogP contribution >= 0.6 is 0 Å². The van der Waals surface area contributed by atoms with Gasteiger partial charge in [-0.15, -0.1) is 0 Å². The van der Waals surface area contributed by atoms with Crippen LogP contribution in [0, 0.1) is 5.82 Å². The Morgan fingerprint density at radius 3 is 1.11 bits per heavy atom. The molecule has 284 valence electrons. The van der Waals surface area contributed by atoms with Gasteiger partial charge in [-0.05, 0) is 83.0 Å². The number of carbonyl (C=O) groups is 6. The quantitative estimate of drug-likeness (QED) is 0.0888. The van der Waals surface area contributed by atoms with E-state index < -0.39 is 58.7 Å². The molecule has 0 aliphatic carbocycles. The van der Waals surface area contributed by atoms with Gasteiger partial charge in [-0.1, -0.05) is 51.6 Å². The number of rotatable bonds is 14. The van der Waals surface area contributed by atoms with E-state index >= 15 is 4.39 Å². The first-order valence-electron chi connectivity index (χ1n) is 16.0. The summed E-state index contributed by atoms with van der Waals surface area (Å²) in [6.07, 6.45) is 0. The highest BCUT2D eigenvalue weighted by molar-refractivity contribution is 5.96. The Labute approximate surface area is 316 Å². The average molecular weight is 753 g/mol. The summed E-state index contributed by atoms with van der Waals surface area (Å²) < 4.78 is 49.8. The molecule has 0 unspecified atom stereocenters. The Bertz CT molecular complexity index is 2260. The van der Waals surface area contributed by atoms with Gasteiger partial charge in [0.05, 0.1) is 5.56 Å². The number of ether oxygens (including phenoxy) is 6. The van der Waals surface area contributed by atoms with Gasteiger partial charge in [-0.25, -0.2) is 33.2 Å². The number of benzene rings is 3. The second kappa shape index (κ2) is 17.6. The molecule has 0 saturated carbocycles. The monoisotopic (exact) mass is 752 g/mol. The van der Waals surface area contributed by atoms with Crippen molar-refractivity contribution < 1.29 is 61.6 Å². The second-order valence-corrected chi connectivity index (χ2v) is 12.3. The molecule has 0 aliphatic rings. The van der Waals surface area contributed by atoms with E-state index in [1.807, 2.05) is 0 Å². The lowest BCUT2D eigenvalue weighted by Crippen LogP contribution is -2.14. The van der Waals surface area contributed by atoms with E-state index in [0.29, 0.717) is 0 Å². The number of hydrogen-bond donors (Lipinski definition) is 0. The Hall–Kier alpha value is -7.15. The minimum absolute atomic E-state index is 0.000334. The zero-order valence-corrected chi connectivity index (χ0v) is 31.1. The lowest BCUT2D eigenvalue weighted by atomic mass is 9.96. The fraction of sp³-hybridized carbons (Fsp3) is 0.143. The molecule has 0 fully saturated rings. The minimum Gasteiger partial charge on any atom is -0.422 e. The fourth-order valence-electron chi connectivity index (χ4n) is 4.05. The maximum absolute atomic E-state index is 17.2. The number of hydrogen-bond acceptors (Lipinski definition) is 12. The molecule has 3 aromatic carbocycles. The van der Waals surface area contributed by atoms with Gasteiger partial charge >= 0.3 is 35.8 Å². The summed E-state index contributed by atoms with van der Waals surface area (Å²) in [5.74, 6) is -9.25. The zero-order valence-electron chi connectivity index (χ0n) is 31.1. The van der Waals surface area contributed by atoms with Gasteiger partial charge < -0.3 is 28.4 Å². The van der Waals surface area contributed by atoms with Crippen molar-refractivity contribution in [2.75, 3.05) is 0 Å². The molecular weight excluding hydrogens is 715 g/mol. The number of halogens is 1. The predicted molar refractivity (Wildman–Crippen MR) is 200 cm³/mol. The summed E-state index contributed by atoms with van der Waals surface area (Å²) in [6.45, 7) is 29.5. The molecule has 0 saturated heterocycles. The van der Waals surface area contributed by atoms with Crippen molar-refractivity contribution in [1.29, 1.82) is 0 Å². The molecule has 55 heavy (non-hydrogen) atoms. The Balaban J connectivity index is 2.49. The molecule has 0 atom stereocenters. The van der Waals surface area contributed by atoms with Crippen molar-refractivity contribution in [1.82, 2.24) is 0 Å². The smallest absolute Gasteiger partial charge is 0.338 e. The minimum atomic E-state index is -1.28. The lowest BCUT2D eigenvalue weighted by molar-refractivity contribution is -0.132. The van der Waals surface area contributed by atoms with E-state index in [9.17, 15) is 28.8 Å². The van der Waals surface area contributed by atoms with Gasteiger partial charge in [0.2, 0.25) is 0 Å². The molecule has 13 heteroatoms. The van der Waals surface area contributed by atoms with Crippen LogP contribution in [-0.2, 0) is 28.8 Å². The third-order valence-electron chi connectivity index (χ3n) is 6.97. The van der Waals surface area contributed by atoms with Crippen LogP contribution in [0.2, 0.25) is 0 Å². The topological polar surface area (TPSA) is 158 Å². The maximum Gasteiger partial charge on any atom is 0.338 e. The molecule has 0 bridgehead atoms. The van der Waals surface area contributed by atoms with Crippen LogP contribution in [0.4, 0.5) is 4.39 Å². The highest BCUT2D eigenvalue weighted by atomic mass is 19.1. The standard InChI is InChI=1S/C42H37FO12/c1-20(2)37(44)50-29-15-13-26(17-31(29)52-39(46)22(5)6)28-19-33(54-41(48)24(9)10)34(35(43)36(28)55-42(49)25(11)12)27-14-16-30(51-38(45)21(3)4)32(18-27)53-40(47)23(7)8/h13-19H,1,3,5,7,9,11H2,2,4,6,8,10,12H3. The molecule has 12 nitrogen and oxygen atoms in total. The van der Waals surface area contributed by atoms with Crippen LogP contribution in [-0.4, -0.2) is 35.8 Å². The first-order valence-corrected chi connectivity index (χ1v) is 16.0. The third-order valence-corrected chi connectivity index (χ3v) is 6.97. The third kappa shape index (κ3) is 10.5. The van der Waals surface area contributed by atoms with Crippen LogP contribution in [0.3, 0.4) is 0 Å². The fourth-order valence-corrected chi connectivity index (χ4v) is 4.05. The van der Waals surface area contributed by atoms with Crippen molar-refractivity contribution in [3.63, 3.8) is 0 Å². The predicted octanol–water partition coefficient (Wildman–Crippen LogP) is 8.05. The first kappa shape index (κ1) is 42.3. The molecule has 0 spiro atoms. The van der Waals surface area contributed by atoms with E-state index in [1.165, 1.54) is 71.9 Å². The van der Waals surface area contributed by atoms with Gasteiger partial charge in [0, 0.05) is 39.0 Å². The van der Waals surface area contributed by atoms with Gasteiger partial charge in [0.1, 0.15) is 5.75 Å². The van der Waals surface area contributed by atoms with E-state index in [1.54, 1.807) is 0 Å². The van der Waals surface area contributed by atoms with Gasteiger partial charge in [0.25, 0.3) is 0 Å². The molecule has 0 radical (unpaired) electrons. The molecular formula is C42H37FO12. The molecule has 0 heterocycles. The van der Waals surface area contributed by atoms with Crippen LogP contribution < -0.4 is 28.4 Å². The van der Waals surface area contributed by atoms with Gasteiger partial charge in [-0.2, -0.15) is 0 Å². The molecule has 0 aromatic heterocycles. The average Bonchev–Trinajstić information content (AvgIpc) is 3.10. The second-order valence-electron chi connectivity index (χ2n) is 12.3. The summed E-state index contributed by atoms with van der Waals surface area (Å²) >= 11 is 0. The van der Waals surface area contributed by atoms with Gasteiger partial charge in [0.15, 0.2) is 34.6 Å². The van der Waals surface area contributed by atoms with E-state index in [2.05, 4.69) is 39.5 Å². The van der Waals surface area contributed by atoms with Crippen molar-refractivity contribution in [3.05, 3.63) is 121 Å². The lowest BCUT2D eigenvalue weighted by Gasteiger charge is -2.20. The summed E-state index contributed by atoms with van der Waals surface area (Å²) in [5, 5.41) is 0. The summed E-state index contributed by atoms with van der Waals surface area (Å²) in [7, 11) is 0. The van der Waals surface area contributed by atoms with Crippen LogP contribution in [0.15, 0.2) is 115 Å². The van der Waals surface area contributed by atoms with Crippen LogP contribution in [0.1, 0.15) is 41.5 Å². The SMILES string of the molecule is C=C(C)C(=O)Oc1ccc(-c2cc(OC(=O)C(=C)C)c(-c3ccc(OC(=O)C(=C)C)c(OC(=O)C(=C)C)c3)c(F)c2OC(=O)C(=C)C)cc1OC(=O)C(=C)C. The van der Waals surface area contributed by atoms with Crippen molar-refractivity contribution in [2.45, 2.75) is 41.5 Å². The Morgan fingerprint density at radius 2 is 0.727 bits per heavy atom. The first-order chi connectivity index (χ1) is 25.6. The molecule has 0 N–H and O–H groups in total. The van der Waals surface area contributed by atoms with Gasteiger partial charge in [-0.3, -0.25) is 0 Å². The Morgan fingerprint density at radius 1 is 0.418 bits per heavy atom. The molecule has 3 aromatic rings. The molecule has 3 rings (SSSR count). The summed E-state index contributed by atoms with van der Waals surface area (Å²) in [6, 6.07) is 8.41. The van der Waals surface area contributed by atoms with Crippen molar-refractivity contribution in [3.8, 4) is 56.8 Å². The molecule has 0 amide bonds. The Kier molecular flexibility index (Phi) is 13.5. The summed E-state index contributed by atoms with van der Waals surface area (Å²) in [5.41, 5.74) is -1.06. The highest BCUT2D eigenvalue weighted by Crippen LogP contribution is 2.47. The zero-order chi connectivity index (χ0) is 41.5. The normalized spacial score (nSPS) is 10.2. The number of carbonyl (C=O) groups excluding carboxylic acids is 6. The van der Waals surface area contributed by atoms with Crippen LogP contribution in [0.25, 0.3) is 22.3 Å².